The van der Waals surface area contributed by atoms with Gasteiger partial charge in [0.2, 0.25) is 0 Å². The summed E-state index contributed by atoms with van der Waals surface area (Å²) in [5.41, 5.74) is 1.34. The largest absolute Gasteiger partial charge is 0.369 e. The molecule has 0 aliphatic carbocycles. The highest BCUT2D eigenvalue weighted by atomic mass is 15.2. The summed E-state index contributed by atoms with van der Waals surface area (Å²) < 4.78 is 0. The second-order valence-corrected chi connectivity index (χ2v) is 6.11. The van der Waals surface area contributed by atoms with E-state index in [-0.39, 0.29) is 0 Å². The normalized spacial score (nSPS) is 14.4. The highest BCUT2D eigenvalue weighted by Crippen LogP contribution is 2.19. The highest BCUT2D eigenvalue weighted by Gasteiger charge is 2.13. The number of hydrogen-bond donors (Lipinski definition) is 1. The smallest absolute Gasteiger partial charge is 0.134 e. The van der Waals surface area contributed by atoms with Gasteiger partial charge in [-0.05, 0) is 25.5 Å². The molecule has 0 unspecified atom stereocenters. The Bertz CT molecular complexity index is 595. The van der Waals surface area contributed by atoms with Gasteiger partial charge in [0.15, 0.2) is 0 Å². The molecule has 5 nitrogen and oxygen atoms in total. The molecule has 1 aromatic carbocycles. The summed E-state index contributed by atoms with van der Waals surface area (Å²) in [5.74, 6) is 1.95. The van der Waals surface area contributed by atoms with E-state index in [1.165, 1.54) is 18.4 Å². The van der Waals surface area contributed by atoms with Crippen LogP contribution in [-0.2, 0) is 6.54 Å². The molecule has 0 radical (unpaired) electrons. The molecule has 1 aliphatic rings. The van der Waals surface area contributed by atoms with E-state index >= 15 is 0 Å². The average molecular weight is 311 g/mol. The van der Waals surface area contributed by atoms with Crippen LogP contribution in [0.4, 0.5) is 11.6 Å². The minimum Gasteiger partial charge on any atom is -0.369 e. The summed E-state index contributed by atoms with van der Waals surface area (Å²) in [7, 11) is 2.14. The molecule has 0 atom stereocenters. The van der Waals surface area contributed by atoms with E-state index in [0.29, 0.717) is 0 Å². The van der Waals surface area contributed by atoms with Crippen molar-refractivity contribution in [1.29, 1.82) is 0 Å². The maximum absolute atomic E-state index is 4.38. The number of nitrogens with one attached hydrogen (secondary N) is 1. The zero-order chi connectivity index (χ0) is 15.9. The van der Waals surface area contributed by atoms with Crippen LogP contribution in [0.1, 0.15) is 18.4 Å². The van der Waals surface area contributed by atoms with Crippen molar-refractivity contribution in [3.63, 3.8) is 0 Å². The zero-order valence-corrected chi connectivity index (χ0v) is 13.8. The van der Waals surface area contributed by atoms with Crippen molar-refractivity contribution >= 4 is 11.6 Å². The van der Waals surface area contributed by atoms with Crippen LogP contribution in [0.15, 0.2) is 42.7 Å². The van der Waals surface area contributed by atoms with Crippen molar-refractivity contribution < 1.29 is 0 Å². The van der Waals surface area contributed by atoms with Gasteiger partial charge in [-0.1, -0.05) is 30.3 Å². The van der Waals surface area contributed by atoms with Gasteiger partial charge < -0.3 is 15.1 Å². The van der Waals surface area contributed by atoms with Crippen molar-refractivity contribution in [3.8, 4) is 0 Å². The van der Waals surface area contributed by atoms with Gasteiger partial charge in [-0.3, -0.25) is 0 Å². The van der Waals surface area contributed by atoms with Crippen LogP contribution in [-0.4, -0.2) is 48.1 Å². The van der Waals surface area contributed by atoms with Crippen molar-refractivity contribution in [2.45, 2.75) is 19.4 Å². The molecule has 1 saturated heterocycles. The molecular weight excluding hydrogens is 286 g/mol. The van der Waals surface area contributed by atoms with E-state index in [2.05, 4.69) is 68.5 Å². The fourth-order valence-electron chi connectivity index (χ4n) is 2.91. The predicted octanol–water partition coefficient (Wildman–Crippen LogP) is 2.62. The molecule has 2 aromatic rings. The topological polar surface area (TPSA) is 44.3 Å². The van der Waals surface area contributed by atoms with Crippen molar-refractivity contribution in [3.05, 3.63) is 48.3 Å². The average Bonchev–Trinajstić information content (AvgIpc) is 3.11. The van der Waals surface area contributed by atoms with Gasteiger partial charge in [0.1, 0.15) is 18.0 Å². The Morgan fingerprint density at radius 3 is 2.70 bits per heavy atom. The zero-order valence-electron chi connectivity index (χ0n) is 13.8. The SMILES string of the molecule is CN(CCNc1cc(N2CCCC2)ncn1)Cc1ccccc1. The van der Waals surface area contributed by atoms with Gasteiger partial charge >= 0.3 is 0 Å². The number of aromatic nitrogens is 2. The molecule has 122 valence electrons. The molecule has 1 aromatic heterocycles. The van der Waals surface area contributed by atoms with E-state index < -0.39 is 0 Å². The monoisotopic (exact) mass is 311 g/mol. The van der Waals surface area contributed by atoms with Gasteiger partial charge in [0.05, 0.1) is 0 Å². The molecule has 0 amide bonds. The molecule has 1 aliphatic heterocycles. The van der Waals surface area contributed by atoms with Crippen LogP contribution in [0, 0.1) is 0 Å². The molecule has 1 N–H and O–H groups in total. The van der Waals surface area contributed by atoms with Crippen LogP contribution >= 0.6 is 0 Å². The van der Waals surface area contributed by atoms with E-state index in [9.17, 15) is 0 Å². The molecular formula is C18H25N5. The lowest BCUT2D eigenvalue weighted by molar-refractivity contribution is 0.340. The fraction of sp³-hybridized carbons (Fsp3) is 0.444. The first-order valence-electron chi connectivity index (χ1n) is 8.34. The third-order valence-electron chi connectivity index (χ3n) is 4.18. The van der Waals surface area contributed by atoms with Crippen LogP contribution in [0.25, 0.3) is 0 Å². The Hall–Kier alpha value is -2.14. The van der Waals surface area contributed by atoms with E-state index in [1.54, 1.807) is 6.33 Å². The summed E-state index contributed by atoms with van der Waals surface area (Å²) in [5, 5.41) is 3.41. The van der Waals surface area contributed by atoms with Crippen molar-refractivity contribution in [1.82, 2.24) is 14.9 Å². The summed E-state index contributed by atoms with van der Waals surface area (Å²) in [6.07, 6.45) is 4.18. The van der Waals surface area contributed by atoms with Gasteiger partial charge in [0, 0.05) is 38.8 Å². The minimum absolute atomic E-state index is 0.875. The second-order valence-electron chi connectivity index (χ2n) is 6.11. The fourth-order valence-corrected chi connectivity index (χ4v) is 2.91. The van der Waals surface area contributed by atoms with E-state index in [0.717, 1.165) is 44.4 Å². The Morgan fingerprint density at radius 1 is 1.13 bits per heavy atom. The summed E-state index contributed by atoms with van der Waals surface area (Å²) in [4.78, 5) is 13.3. The minimum atomic E-state index is 0.875. The third-order valence-corrected chi connectivity index (χ3v) is 4.18. The lowest BCUT2D eigenvalue weighted by atomic mass is 10.2. The Labute approximate surface area is 138 Å². The third kappa shape index (κ3) is 4.66. The quantitative estimate of drug-likeness (QED) is 0.851. The van der Waals surface area contributed by atoms with Crippen LogP contribution in [0.3, 0.4) is 0 Å². The van der Waals surface area contributed by atoms with Gasteiger partial charge in [-0.25, -0.2) is 9.97 Å². The summed E-state index contributed by atoms with van der Waals surface area (Å²) in [6.45, 7) is 5.02. The lowest BCUT2D eigenvalue weighted by Gasteiger charge is -2.18. The van der Waals surface area contributed by atoms with Crippen molar-refractivity contribution in [2.24, 2.45) is 0 Å². The summed E-state index contributed by atoms with van der Waals surface area (Å²) in [6, 6.07) is 12.6. The van der Waals surface area contributed by atoms with Gasteiger partial charge in [-0.15, -0.1) is 0 Å². The van der Waals surface area contributed by atoms with Crippen LogP contribution < -0.4 is 10.2 Å². The molecule has 1 fully saturated rings. The number of hydrogen-bond acceptors (Lipinski definition) is 5. The Kier molecular flexibility index (Phi) is 5.42. The van der Waals surface area contributed by atoms with Crippen molar-refractivity contribution in [2.75, 3.05) is 43.4 Å². The molecule has 5 heteroatoms. The number of rotatable bonds is 7. The molecule has 0 spiro atoms. The molecule has 0 bridgehead atoms. The predicted molar refractivity (Wildman–Crippen MR) is 94.7 cm³/mol. The molecule has 23 heavy (non-hydrogen) atoms. The summed E-state index contributed by atoms with van der Waals surface area (Å²) >= 11 is 0. The maximum atomic E-state index is 4.38. The number of likely N-dealkylation sites (N-methyl/N-ethyl adjacent to an activating group) is 1. The number of benzene rings is 1. The second kappa shape index (κ2) is 7.92. The van der Waals surface area contributed by atoms with Gasteiger partial charge in [0.25, 0.3) is 0 Å². The maximum Gasteiger partial charge on any atom is 0.134 e. The Balaban J connectivity index is 1.46. The van der Waals surface area contributed by atoms with Crippen LogP contribution in [0.5, 0.6) is 0 Å². The van der Waals surface area contributed by atoms with E-state index in [1.807, 2.05) is 0 Å². The Morgan fingerprint density at radius 2 is 1.91 bits per heavy atom. The molecule has 3 rings (SSSR count). The standard InChI is InChI=1S/C18H25N5/c1-22(14-16-7-3-2-4-8-16)12-9-19-17-13-18(21-15-20-17)23-10-5-6-11-23/h2-4,7-8,13,15H,5-6,9-12,14H2,1H3,(H,19,20,21). The van der Waals surface area contributed by atoms with Crippen LogP contribution in [0.2, 0.25) is 0 Å². The number of nitrogens with zero attached hydrogens (tertiary/aromatic N) is 4. The molecule has 2 heterocycles. The molecule has 0 saturated carbocycles. The van der Waals surface area contributed by atoms with Gasteiger partial charge in [-0.2, -0.15) is 0 Å². The van der Waals surface area contributed by atoms with E-state index in [4.69, 9.17) is 0 Å². The number of anilines is 2. The lowest BCUT2D eigenvalue weighted by Crippen LogP contribution is -2.25. The highest BCUT2D eigenvalue weighted by molar-refractivity contribution is 5.48. The first kappa shape index (κ1) is 15.7. The first-order chi connectivity index (χ1) is 11.3. The first-order valence-corrected chi connectivity index (χ1v) is 8.34.